The number of hydrogen-bond acceptors (Lipinski definition) is 6. The van der Waals surface area contributed by atoms with E-state index in [1.807, 2.05) is 54.6 Å². The van der Waals surface area contributed by atoms with E-state index in [0.717, 1.165) is 53.9 Å². The van der Waals surface area contributed by atoms with Crippen LogP contribution in [-0.4, -0.2) is 37.0 Å². The summed E-state index contributed by atoms with van der Waals surface area (Å²) < 4.78 is 24.0. The molecule has 0 fully saturated rings. The molecule has 0 saturated heterocycles. The van der Waals surface area contributed by atoms with Crippen LogP contribution in [0.25, 0.3) is 0 Å². The molecular formula is C35H44O6. The van der Waals surface area contributed by atoms with Gasteiger partial charge in [-0.1, -0.05) is 82.7 Å². The Kier molecular flexibility index (Phi) is 11.5. The van der Waals surface area contributed by atoms with E-state index >= 15 is 0 Å². The fourth-order valence-corrected chi connectivity index (χ4v) is 5.13. The predicted octanol–water partition coefficient (Wildman–Crippen LogP) is 8.43. The first-order valence-corrected chi connectivity index (χ1v) is 15.2. The van der Waals surface area contributed by atoms with Crippen LogP contribution in [0.5, 0.6) is 23.0 Å². The summed E-state index contributed by atoms with van der Waals surface area (Å²) >= 11 is 0. The van der Waals surface area contributed by atoms with Gasteiger partial charge in [0.2, 0.25) is 0 Å². The van der Waals surface area contributed by atoms with Crippen LogP contribution in [0.3, 0.4) is 0 Å². The molecule has 1 N–H and O–H groups in total. The molecule has 0 saturated carbocycles. The van der Waals surface area contributed by atoms with Gasteiger partial charge in [-0.05, 0) is 43.5 Å². The van der Waals surface area contributed by atoms with Crippen LogP contribution in [-0.2, 0) is 4.74 Å². The third-order valence-electron chi connectivity index (χ3n) is 7.29. The minimum atomic E-state index is -0.739. The molecule has 6 heteroatoms. The van der Waals surface area contributed by atoms with Crippen molar-refractivity contribution in [2.45, 2.75) is 84.2 Å². The average molecular weight is 561 g/mol. The number of aliphatic hydroxyl groups excluding tert-OH is 1. The summed E-state index contributed by atoms with van der Waals surface area (Å²) in [6.07, 6.45) is 8.37. The van der Waals surface area contributed by atoms with Crippen LogP contribution in [0, 0.1) is 0 Å². The number of esters is 1. The lowest BCUT2D eigenvalue weighted by atomic mass is 9.80. The molecular weight excluding hydrogens is 516 g/mol. The van der Waals surface area contributed by atoms with Crippen molar-refractivity contribution in [1.82, 2.24) is 0 Å². The molecule has 0 aliphatic carbocycles. The lowest BCUT2D eigenvalue weighted by Gasteiger charge is -2.30. The molecule has 0 amide bonds. The Labute approximate surface area is 244 Å². The Morgan fingerprint density at radius 3 is 1.88 bits per heavy atom. The lowest BCUT2D eigenvalue weighted by molar-refractivity contribution is 0.0295. The molecule has 0 bridgehead atoms. The third kappa shape index (κ3) is 8.26. The van der Waals surface area contributed by atoms with Crippen LogP contribution < -0.4 is 14.2 Å². The molecule has 3 aromatic rings. The number of rotatable bonds is 16. The maximum atomic E-state index is 13.1. The van der Waals surface area contributed by atoms with Crippen molar-refractivity contribution >= 4 is 5.97 Å². The molecule has 220 valence electrons. The smallest absolute Gasteiger partial charge is 0.338 e. The Hall–Kier alpha value is -3.51. The Balaban J connectivity index is 1.66. The summed E-state index contributed by atoms with van der Waals surface area (Å²) in [7, 11) is 0. The molecule has 1 heterocycles. The SMILES string of the molecule is CCCCCCOc1ccc2c(c1)Oc1cc(OCCCCCC)ccc1C2c1ccccc1C(=O)OCC(C)O. The zero-order chi connectivity index (χ0) is 29.0. The van der Waals surface area contributed by atoms with E-state index in [1.54, 1.807) is 13.0 Å². The quantitative estimate of drug-likeness (QED) is 0.109. The highest BCUT2D eigenvalue weighted by Gasteiger charge is 2.32. The van der Waals surface area contributed by atoms with Crippen LogP contribution in [0.1, 0.15) is 105 Å². The zero-order valence-corrected chi connectivity index (χ0v) is 24.7. The summed E-state index contributed by atoms with van der Waals surface area (Å²) in [5, 5.41) is 9.67. The van der Waals surface area contributed by atoms with E-state index < -0.39 is 12.1 Å². The summed E-state index contributed by atoms with van der Waals surface area (Å²) in [5.41, 5.74) is 3.17. The zero-order valence-electron chi connectivity index (χ0n) is 24.7. The maximum Gasteiger partial charge on any atom is 0.338 e. The minimum absolute atomic E-state index is 0.0635. The van der Waals surface area contributed by atoms with Crippen molar-refractivity contribution in [3.05, 3.63) is 82.9 Å². The maximum absolute atomic E-state index is 13.1. The van der Waals surface area contributed by atoms with E-state index in [9.17, 15) is 9.90 Å². The van der Waals surface area contributed by atoms with Crippen molar-refractivity contribution < 1.29 is 28.8 Å². The monoisotopic (exact) mass is 560 g/mol. The highest BCUT2D eigenvalue weighted by molar-refractivity contribution is 5.92. The predicted molar refractivity (Wildman–Crippen MR) is 162 cm³/mol. The molecule has 0 spiro atoms. The van der Waals surface area contributed by atoms with Crippen LogP contribution >= 0.6 is 0 Å². The molecule has 0 radical (unpaired) electrons. The molecule has 0 aromatic heterocycles. The second-order valence-corrected chi connectivity index (χ2v) is 10.8. The first-order valence-electron chi connectivity index (χ1n) is 15.2. The van der Waals surface area contributed by atoms with Gasteiger partial charge in [0.25, 0.3) is 0 Å². The van der Waals surface area contributed by atoms with Gasteiger partial charge in [0.1, 0.15) is 29.6 Å². The fraction of sp³-hybridized carbons (Fsp3) is 0.457. The van der Waals surface area contributed by atoms with Gasteiger partial charge < -0.3 is 24.1 Å². The van der Waals surface area contributed by atoms with Gasteiger partial charge in [-0.2, -0.15) is 0 Å². The topological polar surface area (TPSA) is 74.2 Å². The second kappa shape index (κ2) is 15.5. The summed E-state index contributed by atoms with van der Waals surface area (Å²) in [6, 6.07) is 19.4. The number of aliphatic hydroxyl groups is 1. The van der Waals surface area contributed by atoms with E-state index in [1.165, 1.54) is 25.7 Å². The largest absolute Gasteiger partial charge is 0.493 e. The van der Waals surface area contributed by atoms with Gasteiger partial charge in [-0.25, -0.2) is 4.79 Å². The lowest BCUT2D eigenvalue weighted by Crippen LogP contribution is -2.19. The fourth-order valence-electron chi connectivity index (χ4n) is 5.13. The average Bonchev–Trinajstić information content (AvgIpc) is 2.98. The van der Waals surface area contributed by atoms with Crippen molar-refractivity contribution in [1.29, 1.82) is 0 Å². The number of hydrogen-bond donors (Lipinski definition) is 1. The number of benzene rings is 3. The van der Waals surface area contributed by atoms with E-state index in [0.29, 0.717) is 30.3 Å². The second-order valence-electron chi connectivity index (χ2n) is 10.8. The molecule has 1 unspecified atom stereocenters. The van der Waals surface area contributed by atoms with Gasteiger partial charge in [0, 0.05) is 29.2 Å². The molecule has 1 aliphatic rings. The van der Waals surface area contributed by atoms with Gasteiger partial charge >= 0.3 is 5.97 Å². The Morgan fingerprint density at radius 2 is 1.34 bits per heavy atom. The summed E-state index contributed by atoms with van der Waals surface area (Å²) in [6.45, 7) is 7.25. The Morgan fingerprint density at radius 1 is 0.780 bits per heavy atom. The van der Waals surface area contributed by atoms with E-state index in [2.05, 4.69) is 13.8 Å². The first-order chi connectivity index (χ1) is 20.0. The third-order valence-corrected chi connectivity index (χ3v) is 7.29. The molecule has 1 aliphatic heterocycles. The van der Waals surface area contributed by atoms with Crippen molar-refractivity contribution in [2.24, 2.45) is 0 Å². The van der Waals surface area contributed by atoms with Crippen molar-refractivity contribution in [3.8, 4) is 23.0 Å². The van der Waals surface area contributed by atoms with E-state index in [4.69, 9.17) is 18.9 Å². The van der Waals surface area contributed by atoms with Crippen molar-refractivity contribution in [2.75, 3.05) is 19.8 Å². The number of ether oxygens (including phenoxy) is 4. The number of carbonyl (C=O) groups is 1. The molecule has 4 rings (SSSR count). The van der Waals surface area contributed by atoms with Gasteiger partial charge in [0.15, 0.2) is 0 Å². The number of carbonyl (C=O) groups excluding carboxylic acids is 1. The number of unbranched alkanes of at least 4 members (excludes halogenated alkanes) is 6. The molecule has 6 nitrogen and oxygen atoms in total. The molecule has 41 heavy (non-hydrogen) atoms. The van der Waals surface area contributed by atoms with Crippen LogP contribution in [0.4, 0.5) is 0 Å². The van der Waals surface area contributed by atoms with Gasteiger partial charge in [-0.3, -0.25) is 0 Å². The molecule has 3 aromatic carbocycles. The summed E-state index contributed by atoms with van der Waals surface area (Å²) in [5.74, 6) is 2.18. The first kappa shape index (κ1) is 30.4. The number of fused-ring (bicyclic) bond motifs is 2. The Bertz CT molecular complexity index is 1200. The van der Waals surface area contributed by atoms with Crippen LogP contribution in [0.2, 0.25) is 0 Å². The normalized spacial score (nSPS) is 13.1. The highest BCUT2D eigenvalue weighted by Crippen LogP contribution is 2.50. The molecule has 1 atom stereocenters. The standard InChI is InChI=1S/C35H44O6/c1-4-6-8-12-20-38-26-16-18-30-32(22-26)41-33-23-27(39-21-13-9-7-5-2)17-19-31(33)34(30)28-14-10-11-15-29(28)35(37)40-24-25(3)36/h10-11,14-19,22-23,25,34,36H,4-9,12-13,20-21,24H2,1-3H3. The van der Waals surface area contributed by atoms with Crippen LogP contribution in [0.15, 0.2) is 60.7 Å². The van der Waals surface area contributed by atoms with Crippen molar-refractivity contribution in [3.63, 3.8) is 0 Å². The van der Waals surface area contributed by atoms with Gasteiger partial charge in [0.05, 0.1) is 24.9 Å². The summed E-state index contributed by atoms with van der Waals surface area (Å²) in [4.78, 5) is 13.1. The van der Waals surface area contributed by atoms with E-state index in [-0.39, 0.29) is 12.5 Å². The minimum Gasteiger partial charge on any atom is -0.493 e. The van der Waals surface area contributed by atoms with Gasteiger partial charge in [-0.15, -0.1) is 0 Å². The highest BCUT2D eigenvalue weighted by atomic mass is 16.5.